The maximum Gasteiger partial charge on any atom is 0.0700 e. The summed E-state index contributed by atoms with van der Waals surface area (Å²) in [6.07, 6.45) is 0.841. The summed E-state index contributed by atoms with van der Waals surface area (Å²) in [6.45, 7) is 6.14. The first kappa shape index (κ1) is 14.2. The predicted octanol–water partition coefficient (Wildman–Crippen LogP) is 2.36. The summed E-state index contributed by atoms with van der Waals surface area (Å²) >= 11 is 0. The molecule has 3 nitrogen and oxygen atoms in total. The Morgan fingerprint density at radius 3 is 2.65 bits per heavy atom. The molecule has 0 bridgehead atoms. The van der Waals surface area contributed by atoms with Gasteiger partial charge in [-0.15, -0.1) is 0 Å². The van der Waals surface area contributed by atoms with Crippen molar-refractivity contribution in [2.75, 3.05) is 26.9 Å². The van der Waals surface area contributed by atoms with Gasteiger partial charge in [0.25, 0.3) is 0 Å². The van der Waals surface area contributed by atoms with E-state index in [1.807, 2.05) is 0 Å². The Morgan fingerprint density at radius 1 is 1.18 bits per heavy atom. The largest absolute Gasteiger partial charge is 0.382 e. The molecule has 2 N–H and O–H groups in total. The van der Waals surface area contributed by atoms with E-state index < -0.39 is 0 Å². The lowest BCUT2D eigenvalue weighted by atomic mass is 9.98. The van der Waals surface area contributed by atoms with Crippen molar-refractivity contribution in [3.05, 3.63) is 34.9 Å². The minimum Gasteiger partial charge on any atom is -0.382 e. The van der Waals surface area contributed by atoms with Crippen molar-refractivity contribution < 1.29 is 9.47 Å². The molecule has 0 aromatic heterocycles. The number of rotatable bonds is 7. The minimum atomic E-state index is 0.0532. The van der Waals surface area contributed by atoms with Gasteiger partial charge in [-0.25, -0.2) is 0 Å². The van der Waals surface area contributed by atoms with Crippen molar-refractivity contribution in [1.29, 1.82) is 0 Å². The summed E-state index contributed by atoms with van der Waals surface area (Å²) in [5.41, 5.74) is 9.89. The molecule has 0 spiro atoms. The van der Waals surface area contributed by atoms with Crippen LogP contribution in [0.15, 0.2) is 18.2 Å². The molecule has 0 fully saturated rings. The van der Waals surface area contributed by atoms with Gasteiger partial charge in [0, 0.05) is 19.8 Å². The van der Waals surface area contributed by atoms with Crippen LogP contribution in [-0.2, 0) is 9.47 Å². The van der Waals surface area contributed by atoms with Crippen LogP contribution in [0.5, 0.6) is 0 Å². The van der Waals surface area contributed by atoms with E-state index >= 15 is 0 Å². The summed E-state index contributed by atoms with van der Waals surface area (Å²) < 4.78 is 10.3. The second-order valence-corrected chi connectivity index (χ2v) is 4.36. The first-order chi connectivity index (χ1) is 8.15. The summed E-state index contributed by atoms with van der Waals surface area (Å²) in [4.78, 5) is 0. The average Bonchev–Trinajstić information content (AvgIpc) is 2.32. The second kappa shape index (κ2) is 7.43. The van der Waals surface area contributed by atoms with Gasteiger partial charge in [0.2, 0.25) is 0 Å². The van der Waals surface area contributed by atoms with Crippen LogP contribution in [0, 0.1) is 13.8 Å². The van der Waals surface area contributed by atoms with Gasteiger partial charge in [-0.3, -0.25) is 0 Å². The molecule has 0 saturated heterocycles. The van der Waals surface area contributed by atoms with Crippen LogP contribution in [-0.4, -0.2) is 26.9 Å². The lowest BCUT2D eigenvalue weighted by molar-refractivity contribution is 0.0672. The van der Waals surface area contributed by atoms with E-state index in [2.05, 4.69) is 32.0 Å². The van der Waals surface area contributed by atoms with E-state index in [-0.39, 0.29) is 6.04 Å². The van der Waals surface area contributed by atoms with Gasteiger partial charge in [-0.05, 0) is 31.4 Å². The topological polar surface area (TPSA) is 44.5 Å². The molecule has 1 atom stereocenters. The van der Waals surface area contributed by atoms with Crippen LogP contribution in [0.2, 0.25) is 0 Å². The van der Waals surface area contributed by atoms with Crippen molar-refractivity contribution in [3.8, 4) is 0 Å². The summed E-state index contributed by atoms with van der Waals surface area (Å²) in [5.74, 6) is 0. The van der Waals surface area contributed by atoms with Gasteiger partial charge in [0.1, 0.15) is 0 Å². The smallest absolute Gasteiger partial charge is 0.0700 e. The monoisotopic (exact) mass is 237 g/mol. The molecule has 96 valence electrons. The van der Waals surface area contributed by atoms with Crippen LogP contribution < -0.4 is 5.73 Å². The summed E-state index contributed by atoms with van der Waals surface area (Å²) in [6, 6.07) is 6.45. The highest BCUT2D eigenvalue weighted by Gasteiger charge is 2.08. The van der Waals surface area contributed by atoms with Crippen LogP contribution >= 0.6 is 0 Å². The van der Waals surface area contributed by atoms with Crippen molar-refractivity contribution in [2.24, 2.45) is 5.73 Å². The van der Waals surface area contributed by atoms with E-state index in [0.29, 0.717) is 19.8 Å². The number of methoxy groups -OCH3 is 1. The third kappa shape index (κ3) is 4.86. The fraction of sp³-hybridized carbons (Fsp3) is 0.571. The number of hydrogen-bond acceptors (Lipinski definition) is 3. The molecule has 0 radical (unpaired) electrons. The molecule has 1 aromatic rings. The fourth-order valence-electron chi connectivity index (χ4n) is 1.77. The highest BCUT2D eigenvalue weighted by Crippen LogP contribution is 2.19. The Labute approximate surface area is 104 Å². The van der Waals surface area contributed by atoms with Crippen molar-refractivity contribution in [2.45, 2.75) is 26.3 Å². The standard InChI is InChI=1S/C14H23NO2/c1-11-4-5-12(2)13(10-11)14(15)6-7-17-9-8-16-3/h4-5,10,14H,6-9,15H2,1-3H3. The van der Waals surface area contributed by atoms with Gasteiger partial charge >= 0.3 is 0 Å². The molecular weight excluding hydrogens is 214 g/mol. The highest BCUT2D eigenvalue weighted by atomic mass is 16.5. The SMILES string of the molecule is COCCOCCC(N)c1cc(C)ccc1C. The first-order valence-electron chi connectivity index (χ1n) is 6.04. The fourth-order valence-corrected chi connectivity index (χ4v) is 1.77. The van der Waals surface area contributed by atoms with Crippen molar-refractivity contribution >= 4 is 0 Å². The van der Waals surface area contributed by atoms with Crippen LogP contribution in [0.3, 0.4) is 0 Å². The van der Waals surface area contributed by atoms with Gasteiger partial charge in [0.15, 0.2) is 0 Å². The van der Waals surface area contributed by atoms with Gasteiger partial charge in [0.05, 0.1) is 13.2 Å². The van der Waals surface area contributed by atoms with Crippen LogP contribution in [0.25, 0.3) is 0 Å². The maximum absolute atomic E-state index is 6.17. The van der Waals surface area contributed by atoms with E-state index in [9.17, 15) is 0 Å². The Kier molecular flexibility index (Phi) is 6.19. The summed E-state index contributed by atoms with van der Waals surface area (Å²) in [5, 5.41) is 0. The molecule has 0 saturated carbocycles. The first-order valence-corrected chi connectivity index (χ1v) is 6.04. The van der Waals surface area contributed by atoms with Gasteiger partial charge in [-0.1, -0.05) is 23.8 Å². The molecule has 0 aliphatic rings. The molecule has 3 heteroatoms. The molecule has 17 heavy (non-hydrogen) atoms. The molecule has 1 aromatic carbocycles. The maximum atomic E-state index is 6.17. The van der Waals surface area contributed by atoms with E-state index in [1.54, 1.807) is 7.11 Å². The molecule has 0 amide bonds. The zero-order valence-electron chi connectivity index (χ0n) is 11.0. The van der Waals surface area contributed by atoms with Gasteiger partial charge in [-0.2, -0.15) is 0 Å². The van der Waals surface area contributed by atoms with Crippen molar-refractivity contribution in [1.82, 2.24) is 0 Å². The zero-order chi connectivity index (χ0) is 12.7. The third-order valence-electron chi connectivity index (χ3n) is 2.84. The lowest BCUT2D eigenvalue weighted by Gasteiger charge is -2.15. The Morgan fingerprint density at radius 2 is 1.94 bits per heavy atom. The molecule has 0 aliphatic heterocycles. The quantitative estimate of drug-likeness (QED) is 0.740. The highest BCUT2D eigenvalue weighted by molar-refractivity contribution is 5.32. The van der Waals surface area contributed by atoms with Crippen molar-refractivity contribution in [3.63, 3.8) is 0 Å². The van der Waals surface area contributed by atoms with Crippen LogP contribution in [0.4, 0.5) is 0 Å². The Bertz CT molecular complexity index is 339. The minimum absolute atomic E-state index is 0.0532. The number of aryl methyl sites for hydroxylation is 2. The second-order valence-electron chi connectivity index (χ2n) is 4.36. The zero-order valence-corrected chi connectivity index (χ0v) is 11.0. The van der Waals surface area contributed by atoms with Gasteiger partial charge < -0.3 is 15.2 Å². The van der Waals surface area contributed by atoms with E-state index in [0.717, 1.165) is 6.42 Å². The Balaban J connectivity index is 2.41. The summed E-state index contributed by atoms with van der Waals surface area (Å²) in [7, 11) is 1.67. The van der Waals surface area contributed by atoms with Crippen LogP contribution in [0.1, 0.15) is 29.2 Å². The van der Waals surface area contributed by atoms with E-state index in [1.165, 1.54) is 16.7 Å². The Hall–Kier alpha value is -0.900. The molecule has 1 unspecified atom stereocenters. The number of nitrogens with two attached hydrogens (primary N) is 1. The number of ether oxygens (including phenoxy) is 2. The average molecular weight is 237 g/mol. The molecule has 0 heterocycles. The molecule has 0 aliphatic carbocycles. The molecule has 1 rings (SSSR count). The number of hydrogen-bond donors (Lipinski definition) is 1. The normalized spacial score (nSPS) is 12.7. The third-order valence-corrected chi connectivity index (χ3v) is 2.84. The van der Waals surface area contributed by atoms with E-state index in [4.69, 9.17) is 15.2 Å². The molecular formula is C14H23NO2. The lowest BCUT2D eigenvalue weighted by Crippen LogP contribution is -2.15. The predicted molar refractivity (Wildman–Crippen MR) is 70.2 cm³/mol. The number of benzene rings is 1.